The summed E-state index contributed by atoms with van der Waals surface area (Å²) in [6.07, 6.45) is 0. The molecule has 12 heteroatoms. The molecule has 0 aromatic heterocycles. The topological polar surface area (TPSA) is 117 Å². The maximum Gasteiger partial charge on any atom is 0.340 e. The Morgan fingerprint density at radius 1 is 0.971 bits per heavy atom. The van der Waals surface area contributed by atoms with Crippen LogP contribution in [0.2, 0.25) is 5.02 Å². The normalized spacial score (nSPS) is 10.4. The zero-order valence-corrected chi connectivity index (χ0v) is 18.3. The number of carbonyl (C=O) groups is 2. The Labute approximate surface area is 196 Å². The minimum absolute atomic E-state index is 0.0156. The molecule has 0 unspecified atom stereocenters. The number of halogens is 3. The van der Waals surface area contributed by atoms with Gasteiger partial charge in [-0.3, -0.25) is 14.9 Å². The van der Waals surface area contributed by atoms with Crippen LogP contribution in [0.5, 0.6) is 17.2 Å². The van der Waals surface area contributed by atoms with Crippen LogP contribution >= 0.6 is 11.6 Å². The molecule has 0 fully saturated rings. The summed E-state index contributed by atoms with van der Waals surface area (Å²) in [5.41, 5.74) is -1.42. The number of ether oxygens (including phenoxy) is 3. The molecule has 1 N–H and O–H groups in total. The SMILES string of the molecule is COC(=O)c1cc(NC(=O)c2ccc(Oc3ccc(Cl)cc3[N+](=O)[O-])c(OC)c2)c(F)cc1F. The Bertz CT molecular complexity index is 1300. The molecule has 3 aromatic carbocycles. The van der Waals surface area contributed by atoms with Gasteiger partial charge in [0.15, 0.2) is 11.5 Å². The second kappa shape index (κ2) is 10.1. The van der Waals surface area contributed by atoms with Crippen molar-refractivity contribution in [2.45, 2.75) is 0 Å². The van der Waals surface area contributed by atoms with E-state index in [-0.39, 0.29) is 33.5 Å². The number of methoxy groups -OCH3 is 2. The van der Waals surface area contributed by atoms with Crippen molar-refractivity contribution in [3.8, 4) is 17.2 Å². The number of nitrogens with zero attached hydrogens (tertiary/aromatic N) is 1. The summed E-state index contributed by atoms with van der Waals surface area (Å²) in [7, 11) is 2.31. The number of rotatable bonds is 7. The van der Waals surface area contributed by atoms with Gasteiger partial charge in [-0.15, -0.1) is 0 Å². The van der Waals surface area contributed by atoms with Gasteiger partial charge in [0, 0.05) is 22.7 Å². The van der Waals surface area contributed by atoms with Gasteiger partial charge in [0.05, 0.1) is 30.4 Å². The highest BCUT2D eigenvalue weighted by Crippen LogP contribution is 2.38. The molecule has 0 bridgehead atoms. The van der Waals surface area contributed by atoms with Gasteiger partial charge in [-0.1, -0.05) is 11.6 Å². The van der Waals surface area contributed by atoms with E-state index in [0.717, 1.165) is 19.2 Å². The third-order valence-electron chi connectivity index (χ3n) is 4.47. The second-order valence-corrected chi connectivity index (χ2v) is 7.03. The number of nitrogens with one attached hydrogen (secondary N) is 1. The molecule has 0 saturated carbocycles. The van der Waals surface area contributed by atoms with Crippen molar-refractivity contribution in [2.75, 3.05) is 19.5 Å². The van der Waals surface area contributed by atoms with Crippen LogP contribution in [0.15, 0.2) is 48.5 Å². The molecule has 0 radical (unpaired) electrons. The first kappa shape index (κ1) is 24.4. The van der Waals surface area contributed by atoms with Gasteiger partial charge in [-0.05, 0) is 36.4 Å². The molecular weight excluding hydrogens is 478 g/mol. The molecule has 9 nitrogen and oxygen atoms in total. The summed E-state index contributed by atoms with van der Waals surface area (Å²) in [6.45, 7) is 0. The zero-order chi connectivity index (χ0) is 25.0. The largest absolute Gasteiger partial charge is 0.493 e. The lowest BCUT2D eigenvalue weighted by Crippen LogP contribution is -2.15. The number of amides is 1. The van der Waals surface area contributed by atoms with Crippen LogP contribution in [0.4, 0.5) is 20.2 Å². The Morgan fingerprint density at radius 2 is 1.68 bits per heavy atom. The lowest BCUT2D eigenvalue weighted by Gasteiger charge is -2.13. The molecule has 3 rings (SSSR count). The summed E-state index contributed by atoms with van der Waals surface area (Å²) >= 11 is 5.80. The van der Waals surface area contributed by atoms with E-state index < -0.39 is 39.7 Å². The molecule has 0 heterocycles. The highest BCUT2D eigenvalue weighted by molar-refractivity contribution is 6.30. The lowest BCUT2D eigenvalue weighted by molar-refractivity contribution is -0.385. The molecule has 0 aliphatic rings. The van der Waals surface area contributed by atoms with Gasteiger partial charge in [-0.25, -0.2) is 13.6 Å². The van der Waals surface area contributed by atoms with Crippen LogP contribution in [-0.4, -0.2) is 31.0 Å². The van der Waals surface area contributed by atoms with Gasteiger partial charge >= 0.3 is 11.7 Å². The Kier molecular flexibility index (Phi) is 7.27. The number of carbonyl (C=O) groups excluding carboxylic acids is 2. The average Bonchev–Trinajstić information content (AvgIpc) is 2.81. The average molecular weight is 493 g/mol. The van der Waals surface area contributed by atoms with Crippen LogP contribution < -0.4 is 14.8 Å². The number of nitro groups is 1. The van der Waals surface area contributed by atoms with E-state index in [1.54, 1.807) is 0 Å². The fourth-order valence-electron chi connectivity index (χ4n) is 2.84. The van der Waals surface area contributed by atoms with Gasteiger partial charge in [0.25, 0.3) is 5.91 Å². The molecule has 176 valence electrons. The number of anilines is 1. The smallest absolute Gasteiger partial charge is 0.340 e. The monoisotopic (exact) mass is 492 g/mol. The maximum atomic E-state index is 14.1. The number of hydrogen-bond acceptors (Lipinski definition) is 7. The minimum Gasteiger partial charge on any atom is -0.493 e. The summed E-state index contributed by atoms with van der Waals surface area (Å²) in [5, 5.41) is 13.6. The number of benzene rings is 3. The summed E-state index contributed by atoms with van der Waals surface area (Å²) in [4.78, 5) is 34.9. The fraction of sp³-hybridized carbons (Fsp3) is 0.0909. The van der Waals surface area contributed by atoms with Crippen LogP contribution in [0.3, 0.4) is 0 Å². The van der Waals surface area contributed by atoms with Crippen LogP contribution in [0, 0.1) is 21.7 Å². The predicted molar refractivity (Wildman–Crippen MR) is 117 cm³/mol. The van der Waals surface area contributed by atoms with E-state index >= 15 is 0 Å². The first-order valence-electron chi connectivity index (χ1n) is 9.33. The maximum absolute atomic E-state index is 14.1. The third-order valence-corrected chi connectivity index (χ3v) is 4.71. The van der Waals surface area contributed by atoms with E-state index in [2.05, 4.69) is 10.1 Å². The molecule has 0 aliphatic carbocycles. The molecule has 1 amide bonds. The van der Waals surface area contributed by atoms with E-state index in [0.29, 0.717) is 6.07 Å². The van der Waals surface area contributed by atoms with Crippen molar-refractivity contribution in [3.63, 3.8) is 0 Å². The lowest BCUT2D eigenvalue weighted by atomic mass is 10.1. The van der Waals surface area contributed by atoms with Crippen molar-refractivity contribution < 1.29 is 37.5 Å². The number of nitro benzene ring substituents is 1. The predicted octanol–water partition coefficient (Wildman–Crippen LogP) is 5.37. The minimum atomic E-state index is -1.15. The van der Waals surface area contributed by atoms with Crippen molar-refractivity contribution in [3.05, 3.63) is 86.4 Å². The second-order valence-electron chi connectivity index (χ2n) is 6.59. The van der Waals surface area contributed by atoms with E-state index in [4.69, 9.17) is 21.1 Å². The van der Waals surface area contributed by atoms with Gasteiger partial charge in [-0.2, -0.15) is 0 Å². The molecule has 3 aromatic rings. The van der Waals surface area contributed by atoms with Crippen LogP contribution in [-0.2, 0) is 4.74 Å². The van der Waals surface area contributed by atoms with Gasteiger partial charge < -0.3 is 19.5 Å². The molecule has 0 aliphatic heterocycles. The van der Waals surface area contributed by atoms with Crippen molar-refractivity contribution >= 4 is 34.9 Å². The van der Waals surface area contributed by atoms with Crippen molar-refractivity contribution in [1.29, 1.82) is 0 Å². The molecule has 34 heavy (non-hydrogen) atoms. The highest BCUT2D eigenvalue weighted by Gasteiger charge is 2.21. The standard InChI is InChI=1S/C22H15ClF2N2O7/c1-32-20-7-11(3-5-19(20)34-18-6-4-12(23)8-17(18)27(30)31)21(28)26-16-9-13(22(29)33-2)14(24)10-15(16)25/h3-10H,1-2H3,(H,26,28). The van der Waals surface area contributed by atoms with E-state index in [1.807, 2.05) is 0 Å². The van der Waals surface area contributed by atoms with E-state index in [1.165, 1.54) is 37.4 Å². The Morgan fingerprint density at radius 3 is 2.32 bits per heavy atom. The molecule has 0 saturated heterocycles. The quantitative estimate of drug-likeness (QED) is 0.268. The van der Waals surface area contributed by atoms with Gasteiger partial charge in [0.2, 0.25) is 5.75 Å². The zero-order valence-electron chi connectivity index (χ0n) is 17.6. The van der Waals surface area contributed by atoms with Crippen molar-refractivity contribution in [2.24, 2.45) is 0 Å². The fourth-order valence-corrected chi connectivity index (χ4v) is 3.00. The van der Waals surface area contributed by atoms with Crippen molar-refractivity contribution in [1.82, 2.24) is 0 Å². The van der Waals surface area contributed by atoms with Gasteiger partial charge in [0.1, 0.15) is 11.6 Å². The molecular formula is C22H15ClF2N2O7. The van der Waals surface area contributed by atoms with Crippen LogP contribution in [0.1, 0.15) is 20.7 Å². The third kappa shape index (κ3) is 5.21. The Hall–Kier alpha value is -4.25. The molecule has 0 spiro atoms. The first-order chi connectivity index (χ1) is 16.1. The number of hydrogen-bond donors (Lipinski definition) is 1. The summed E-state index contributed by atoms with van der Waals surface area (Å²) < 4.78 is 43.2. The Balaban J connectivity index is 1.89. The molecule has 0 atom stereocenters. The summed E-state index contributed by atoms with van der Waals surface area (Å²) in [5.74, 6) is -4.16. The number of esters is 1. The first-order valence-corrected chi connectivity index (χ1v) is 9.71. The van der Waals surface area contributed by atoms with Crippen LogP contribution in [0.25, 0.3) is 0 Å². The highest BCUT2D eigenvalue weighted by atomic mass is 35.5. The summed E-state index contributed by atoms with van der Waals surface area (Å²) in [6, 6.07) is 8.92. The van der Waals surface area contributed by atoms with E-state index in [9.17, 15) is 28.5 Å².